The number of rotatable bonds is 9. The number of aromatic nitrogens is 2. The maximum absolute atomic E-state index is 14.2. The van der Waals surface area contributed by atoms with Gasteiger partial charge in [0, 0.05) is 38.6 Å². The summed E-state index contributed by atoms with van der Waals surface area (Å²) in [6, 6.07) is 1.34. The van der Waals surface area contributed by atoms with Gasteiger partial charge in [0.05, 0.1) is 0 Å². The van der Waals surface area contributed by atoms with E-state index in [0.29, 0.717) is 0 Å². The lowest BCUT2D eigenvalue weighted by Gasteiger charge is -2.43. The Hall–Kier alpha value is -2.77. The van der Waals surface area contributed by atoms with E-state index in [9.17, 15) is 75.0 Å². The summed E-state index contributed by atoms with van der Waals surface area (Å²) in [4.78, 5) is 20.2. The van der Waals surface area contributed by atoms with Crippen LogP contribution in [0.4, 0.5) is 76.2 Å². The zero-order chi connectivity index (χ0) is 29.8. The fraction of sp³-hybridized carbons (Fsp3) is 0.706. The highest BCUT2D eigenvalue weighted by Crippen LogP contribution is 2.62. The van der Waals surface area contributed by atoms with Crippen molar-refractivity contribution >= 4 is 11.9 Å². The minimum absolute atomic E-state index is 0.0772. The quantitative estimate of drug-likeness (QED) is 0.386. The summed E-state index contributed by atoms with van der Waals surface area (Å²) >= 11 is 0. The van der Waals surface area contributed by atoms with E-state index in [0.717, 1.165) is 4.90 Å². The van der Waals surface area contributed by atoms with E-state index >= 15 is 0 Å². The van der Waals surface area contributed by atoms with Crippen LogP contribution in [-0.4, -0.2) is 94.8 Å². The minimum atomic E-state index is -8.54. The SMILES string of the molecule is O=C(N1CCN(c2ncccn2)CC1)C(F)(F)C(F)(F)C(F)(F)C(F)(F)C(F)(F)C(F)(F)C(F)(F)C(F)F. The molecule has 2 heterocycles. The summed E-state index contributed by atoms with van der Waals surface area (Å²) in [6.07, 6.45) is -3.52. The molecule has 1 aromatic rings. The van der Waals surface area contributed by atoms with Crippen molar-refractivity contribution < 1.29 is 75.0 Å². The van der Waals surface area contributed by atoms with Gasteiger partial charge < -0.3 is 9.80 Å². The van der Waals surface area contributed by atoms with Crippen LogP contribution >= 0.6 is 0 Å². The van der Waals surface area contributed by atoms with Gasteiger partial charge in [0.25, 0.3) is 5.91 Å². The van der Waals surface area contributed by atoms with Crippen molar-refractivity contribution in [2.75, 3.05) is 31.1 Å². The van der Waals surface area contributed by atoms with Crippen molar-refractivity contribution in [1.82, 2.24) is 14.9 Å². The van der Waals surface area contributed by atoms with E-state index in [1.54, 1.807) is 0 Å². The maximum atomic E-state index is 14.2. The van der Waals surface area contributed by atoms with E-state index in [1.165, 1.54) is 18.5 Å². The van der Waals surface area contributed by atoms with Crippen LogP contribution in [0.5, 0.6) is 0 Å². The highest BCUT2D eigenvalue weighted by molar-refractivity contribution is 5.85. The van der Waals surface area contributed by atoms with E-state index in [-0.39, 0.29) is 10.8 Å². The molecule has 1 aliphatic heterocycles. The Bertz CT molecular complexity index is 995. The third-order valence-corrected chi connectivity index (χ3v) is 5.33. The first-order valence-corrected chi connectivity index (χ1v) is 9.67. The smallest absolute Gasteiger partial charge is 0.337 e. The number of piperazine rings is 1. The second-order valence-electron chi connectivity index (χ2n) is 7.70. The maximum Gasteiger partial charge on any atom is 0.392 e. The van der Waals surface area contributed by atoms with Crippen LogP contribution in [0.25, 0.3) is 0 Å². The molecule has 0 N–H and O–H groups in total. The van der Waals surface area contributed by atoms with Gasteiger partial charge in [-0.15, -0.1) is 0 Å². The standard InChI is InChI=1S/C17H12F16N4O/c18-8(19)11(20,21)13(24,25)15(28,29)17(32,33)16(30,31)14(26,27)12(22,23)9(38)36-4-6-37(7-5-36)10-34-2-1-3-35-10/h1-3,8H,4-7H2. The molecule has 0 saturated carbocycles. The van der Waals surface area contributed by atoms with Gasteiger partial charge in [-0.1, -0.05) is 0 Å². The zero-order valence-electron chi connectivity index (χ0n) is 17.9. The molecule has 2 rings (SSSR count). The molecule has 1 fully saturated rings. The summed E-state index contributed by atoms with van der Waals surface area (Å²) in [5, 5.41) is 0. The van der Waals surface area contributed by atoms with Crippen molar-refractivity contribution in [3.8, 4) is 0 Å². The van der Waals surface area contributed by atoms with Crippen LogP contribution in [0.15, 0.2) is 18.5 Å². The summed E-state index contributed by atoms with van der Waals surface area (Å²) < 4.78 is 215. The lowest BCUT2D eigenvalue weighted by Crippen LogP contribution is -2.75. The molecule has 0 unspecified atom stereocenters. The normalized spacial score (nSPS) is 17.3. The van der Waals surface area contributed by atoms with Crippen LogP contribution in [0.3, 0.4) is 0 Å². The van der Waals surface area contributed by atoms with Crippen molar-refractivity contribution in [3.05, 3.63) is 18.5 Å². The number of hydrogen-bond donors (Lipinski definition) is 0. The van der Waals surface area contributed by atoms with Crippen LogP contribution in [0, 0.1) is 0 Å². The number of nitrogens with zero attached hydrogens (tertiary/aromatic N) is 4. The number of alkyl halides is 16. The summed E-state index contributed by atoms with van der Waals surface area (Å²) in [7, 11) is 0. The second-order valence-corrected chi connectivity index (χ2v) is 7.70. The van der Waals surface area contributed by atoms with Crippen molar-refractivity contribution in [2.24, 2.45) is 0 Å². The lowest BCUT2D eigenvalue weighted by atomic mass is 9.89. The van der Waals surface area contributed by atoms with Gasteiger partial charge in [0.2, 0.25) is 5.95 Å². The Morgan fingerprint density at radius 3 is 1.47 bits per heavy atom. The van der Waals surface area contributed by atoms with Gasteiger partial charge in [-0.05, 0) is 6.07 Å². The monoisotopic (exact) mass is 592 g/mol. The number of anilines is 1. The van der Waals surface area contributed by atoms with Crippen molar-refractivity contribution in [3.63, 3.8) is 0 Å². The Labute approximate surface area is 200 Å². The van der Waals surface area contributed by atoms with E-state index in [4.69, 9.17) is 0 Å². The minimum Gasteiger partial charge on any atom is -0.337 e. The molecule has 0 aromatic carbocycles. The van der Waals surface area contributed by atoms with E-state index < -0.39 is 80.0 Å². The molecular formula is C17H12F16N4O. The molecule has 1 aromatic heterocycles. The van der Waals surface area contributed by atoms with Gasteiger partial charge >= 0.3 is 47.9 Å². The number of halogens is 16. The van der Waals surface area contributed by atoms with Crippen LogP contribution in [-0.2, 0) is 4.79 Å². The molecule has 0 bridgehead atoms. The molecule has 0 radical (unpaired) electrons. The number of hydrogen-bond acceptors (Lipinski definition) is 4. The van der Waals surface area contributed by atoms with Crippen molar-refractivity contribution in [2.45, 2.75) is 47.9 Å². The predicted octanol–water partition coefficient (Wildman–Crippen LogP) is 4.84. The molecule has 38 heavy (non-hydrogen) atoms. The van der Waals surface area contributed by atoms with E-state index in [2.05, 4.69) is 9.97 Å². The molecule has 1 saturated heterocycles. The third-order valence-electron chi connectivity index (χ3n) is 5.33. The summed E-state index contributed by atoms with van der Waals surface area (Å²) in [6.45, 7) is -3.06. The molecule has 0 atom stereocenters. The van der Waals surface area contributed by atoms with Gasteiger partial charge in [-0.3, -0.25) is 4.79 Å². The van der Waals surface area contributed by atoms with Crippen LogP contribution in [0.2, 0.25) is 0 Å². The van der Waals surface area contributed by atoms with Gasteiger partial charge in [-0.25, -0.2) is 18.7 Å². The Balaban J connectivity index is 2.38. The molecule has 0 aliphatic carbocycles. The Morgan fingerprint density at radius 1 is 0.658 bits per heavy atom. The Kier molecular flexibility index (Phi) is 7.82. The zero-order valence-corrected chi connectivity index (χ0v) is 17.9. The molecule has 1 amide bonds. The second kappa shape index (κ2) is 9.45. The fourth-order valence-electron chi connectivity index (χ4n) is 3.03. The number of amides is 1. The first-order chi connectivity index (χ1) is 16.9. The average molecular weight is 592 g/mol. The van der Waals surface area contributed by atoms with Crippen LogP contribution in [0.1, 0.15) is 0 Å². The molecule has 0 spiro atoms. The average Bonchev–Trinajstić information content (AvgIpc) is 2.83. The summed E-state index contributed by atoms with van der Waals surface area (Å²) in [5.41, 5.74) is 0. The highest BCUT2D eigenvalue weighted by atomic mass is 19.4. The van der Waals surface area contributed by atoms with E-state index in [1.807, 2.05) is 0 Å². The summed E-state index contributed by atoms with van der Waals surface area (Å²) in [5.74, 6) is -59.5. The number of carbonyl (C=O) groups excluding carboxylic acids is 1. The third kappa shape index (κ3) is 4.34. The van der Waals surface area contributed by atoms with Gasteiger partial charge in [0.1, 0.15) is 0 Å². The topological polar surface area (TPSA) is 49.3 Å². The fourth-order valence-corrected chi connectivity index (χ4v) is 3.03. The largest absolute Gasteiger partial charge is 0.392 e. The van der Waals surface area contributed by atoms with Crippen molar-refractivity contribution in [1.29, 1.82) is 0 Å². The number of carbonyl (C=O) groups is 1. The van der Waals surface area contributed by atoms with Gasteiger partial charge in [0.15, 0.2) is 0 Å². The first-order valence-electron chi connectivity index (χ1n) is 9.67. The van der Waals surface area contributed by atoms with Gasteiger partial charge in [-0.2, -0.15) is 61.5 Å². The lowest BCUT2D eigenvalue weighted by molar-refractivity contribution is -0.444. The molecular weight excluding hydrogens is 580 g/mol. The Morgan fingerprint density at radius 2 is 1.05 bits per heavy atom. The molecule has 21 heteroatoms. The molecule has 5 nitrogen and oxygen atoms in total. The first kappa shape index (κ1) is 31.4. The highest BCUT2D eigenvalue weighted by Gasteiger charge is 2.94. The van der Waals surface area contributed by atoms with Crippen LogP contribution < -0.4 is 4.90 Å². The molecule has 1 aliphatic rings. The predicted molar refractivity (Wildman–Crippen MR) is 91.5 cm³/mol. The molecule has 218 valence electrons.